The Balaban J connectivity index is 2.35. The zero-order valence-corrected chi connectivity index (χ0v) is 11.5. The Morgan fingerprint density at radius 2 is 1.60 bits per heavy atom. The summed E-state index contributed by atoms with van der Waals surface area (Å²) in [6, 6.07) is 3.52. The van der Waals surface area contributed by atoms with E-state index in [1.54, 1.807) is 39.7 Å². The number of methoxy groups -OCH3 is 3. The third kappa shape index (κ3) is 2.77. The molecule has 1 aromatic carbocycles. The van der Waals surface area contributed by atoms with Crippen molar-refractivity contribution in [1.29, 1.82) is 0 Å². The van der Waals surface area contributed by atoms with Crippen molar-refractivity contribution in [2.24, 2.45) is 20.7 Å². The molecule has 0 saturated carbocycles. The average Bonchev–Trinajstić information content (AvgIpc) is 2.91. The zero-order chi connectivity index (χ0) is 14.6. The Kier molecular flexibility index (Phi) is 3.99. The minimum absolute atomic E-state index is 0.520. The van der Waals surface area contributed by atoms with Gasteiger partial charge in [0.2, 0.25) is 5.75 Å². The van der Waals surface area contributed by atoms with Crippen LogP contribution >= 0.6 is 0 Å². The maximum atomic E-state index is 5.82. The molecule has 0 fully saturated rings. The molecule has 20 heavy (non-hydrogen) atoms. The highest BCUT2D eigenvalue weighted by Gasteiger charge is 2.21. The largest absolute Gasteiger partial charge is 0.493 e. The third-order valence-corrected chi connectivity index (χ3v) is 2.69. The smallest absolute Gasteiger partial charge is 0.303 e. The van der Waals surface area contributed by atoms with E-state index in [2.05, 4.69) is 15.0 Å². The lowest BCUT2D eigenvalue weighted by Gasteiger charge is -2.13. The first-order valence-corrected chi connectivity index (χ1v) is 5.85. The van der Waals surface area contributed by atoms with Crippen molar-refractivity contribution in [2.75, 3.05) is 21.3 Å². The van der Waals surface area contributed by atoms with Crippen LogP contribution in [0.1, 0.15) is 5.56 Å². The molecule has 0 aromatic heterocycles. The second-order valence-corrected chi connectivity index (χ2v) is 3.96. The van der Waals surface area contributed by atoms with Crippen molar-refractivity contribution in [1.82, 2.24) is 0 Å². The maximum Gasteiger partial charge on any atom is 0.303 e. The first-order chi connectivity index (χ1) is 9.61. The molecule has 7 heteroatoms. The van der Waals surface area contributed by atoms with Gasteiger partial charge >= 0.3 is 5.91 Å². The molecule has 1 aliphatic heterocycles. The predicted molar refractivity (Wildman–Crippen MR) is 77.6 cm³/mol. The van der Waals surface area contributed by atoms with Crippen LogP contribution in [0.2, 0.25) is 0 Å². The van der Waals surface area contributed by atoms with E-state index in [0.29, 0.717) is 17.2 Å². The molecule has 106 valence electrons. The van der Waals surface area contributed by atoms with Crippen molar-refractivity contribution >= 4 is 18.6 Å². The standard InChI is InChI=1S/C13H16N4O3/c1-18-10-6-9(7-11(19-2)12(10)20-3)8-17-13(14)15-4-5-16-13/h4-8H,14H2,1-3H3/b17-8+. The fourth-order valence-electron chi connectivity index (χ4n) is 1.73. The van der Waals surface area contributed by atoms with Crippen LogP contribution in [0.5, 0.6) is 17.2 Å². The van der Waals surface area contributed by atoms with Gasteiger partial charge in [0, 0.05) is 24.2 Å². The van der Waals surface area contributed by atoms with E-state index in [-0.39, 0.29) is 0 Å². The highest BCUT2D eigenvalue weighted by Crippen LogP contribution is 2.37. The molecule has 0 spiro atoms. The van der Waals surface area contributed by atoms with Crippen LogP contribution in [0, 0.1) is 0 Å². The first kappa shape index (κ1) is 14.0. The highest BCUT2D eigenvalue weighted by molar-refractivity contribution is 6.17. The number of hydrogen-bond donors (Lipinski definition) is 1. The van der Waals surface area contributed by atoms with Crippen LogP contribution in [0.4, 0.5) is 0 Å². The molecule has 1 aromatic rings. The highest BCUT2D eigenvalue weighted by atomic mass is 16.5. The molecule has 7 nitrogen and oxygen atoms in total. The van der Waals surface area contributed by atoms with Gasteiger partial charge in [-0.25, -0.2) is 15.0 Å². The summed E-state index contributed by atoms with van der Waals surface area (Å²) >= 11 is 0. The van der Waals surface area contributed by atoms with Gasteiger partial charge in [0.25, 0.3) is 0 Å². The molecule has 0 aliphatic carbocycles. The minimum Gasteiger partial charge on any atom is -0.493 e. The van der Waals surface area contributed by atoms with E-state index in [0.717, 1.165) is 5.56 Å². The number of aliphatic imine (C=N–C) groups is 3. The van der Waals surface area contributed by atoms with Gasteiger partial charge in [-0.1, -0.05) is 0 Å². The van der Waals surface area contributed by atoms with Gasteiger partial charge in [0.1, 0.15) is 0 Å². The Morgan fingerprint density at radius 1 is 1.05 bits per heavy atom. The average molecular weight is 276 g/mol. The Hall–Kier alpha value is -2.41. The molecule has 0 atom stereocenters. The topological polar surface area (TPSA) is 90.8 Å². The quantitative estimate of drug-likeness (QED) is 0.807. The summed E-state index contributed by atoms with van der Waals surface area (Å²) in [7, 11) is 4.65. The van der Waals surface area contributed by atoms with Crippen LogP contribution in [0.25, 0.3) is 0 Å². The van der Waals surface area contributed by atoms with Crippen molar-refractivity contribution in [3.8, 4) is 17.2 Å². The zero-order valence-electron chi connectivity index (χ0n) is 11.5. The van der Waals surface area contributed by atoms with Gasteiger partial charge in [-0.15, -0.1) is 0 Å². The van der Waals surface area contributed by atoms with E-state index in [4.69, 9.17) is 19.9 Å². The van der Waals surface area contributed by atoms with Crippen LogP contribution in [-0.2, 0) is 0 Å². The molecule has 1 aliphatic rings. The maximum absolute atomic E-state index is 5.82. The van der Waals surface area contributed by atoms with Gasteiger partial charge in [0.15, 0.2) is 11.5 Å². The summed E-state index contributed by atoms with van der Waals surface area (Å²) < 4.78 is 15.8. The summed E-state index contributed by atoms with van der Waals surface area (Å²) in [6.45, 7) is 0. The summed E-state index contributed by atoms with van der Waals surface area (Å²) in [5.74, 6) is 0.322. The fourth-order valence-corrected chi connectivity index (χ4v) is 1.73. The lowest BCUT2D eigenvalue weighted by Crippen LogP contribution is -2.31. The van der Waals surface area contributed by atoms with Crippen molar-refractivity contribution in [3.63, 3.8) is 0 Å². The molecular weight excluding hydrogens is 260 g/mol. The van der Waals surface area contributed by atoms with E-state index in [9.17, 15) is 0 Å². The van der Waals surface area contributed by atoms with Crippen LogP contribution in [0.15, 0.2) is 27.1 Å². The Labute approximate surface area is 116 Å². The van der Waals surface area contributed by atoms with E-state index in [1.165, 1.54) is 12.4 Å². The number of ether oxygens (including phenoxy) is 3. The number of nitrogens with two attached hydrogens (primary N) is 1. The molecular formula is C13H16N4O3. The van der Waals surface area contributed by atoms with Crippen molar-refractivity contribution < 1.29 is 14.2 Å². The van der Waals surface area contributed by atoms with Gasteiger partial charge in [-0.05, 0) is 12.1 Å². The molecule has 2 rings (SSSR count). The number of benzene rings is 1. The second-order valence-electron chi connectivity index (χ2n) is 3.96. The van der Waals surface area contributed by atoms with Crippen molar-refractivity contribution in [2.45, 2.75) is 5.91 Å². The summed E-state index contributed by atoms with van der Waals surface area (Å²) in [6.07, 6.45) is 4.57. The molecule has 0 saturated heterocycles. The predicted octanol–water partition coefficient (Wildman–Crippen LogP) is 0.857. The molecule has 1 heterocycles. The Morgan fingerprint density at radius 3 is 2.05 bits per heavy atom. The minimum atomic E-state index is -1.28. The SMILES string of the molecule is COc1cc(/C=N/C2(N)N=CC=N2)cc(OC)c1OC. The first-order valence-electron chi connectivity index (χ1n) is 5.85. The number of hydrogen-bond acceptors (Lipinski definition) is 7. The monoisotopic (exact) mass is 276 g/mol. The molecule has 0 unspecified atom stereocenters. The van der Waals surface area contributed by atoms with E-state index in [1.807, 2.05) is 0 Å². The Bertz CT molecular complexity index is 544. The van der Waals surface area contributed by atoms with Gasteiger partial charge in [0.05, 0.1) is 21.3 Å². The fraction of sp³-hybridized carbons (Fsp3) is 0.308. The lowest BCUT2D eigenvalue weighted by molar-refractivity contribution is 0.324. The normalized spacial score (nSPS) is 15.8. The van der Waals surface area contributed by atoms with Gasteiger partial charge in [-0.3, -0.25) is 5.73 Å². The summed E-state index contributed by atoms with van der Waals surface area (Å²) in [5.41, 5.74) is 6.56. The molecule has 0 bridgehead atoms. The van der Waals surface area contributed by atoms with Crippen molar-refractivity contribution in [3.05, 3.63) is 17.7 Å². The van der Waals surface area contributed by atoms with Crippen LogP contribution < -0.4 is 19.9 Å². The van der Waals surface area contributed by atoms with E-state index >= 15 is 0 Å². The summed E-state index contributed by atoms with van der Waals surface area (Å²) in [4.78, 5) is 12.0. The summed E-state index contributed by atoms with van der Waals surface area (Å²) in [5, 5.41) is 0. The number of nitrogens with zero attached hydrogens (tertiary/aromatic N) is 3. The molecule has 0 amide bonds. The van der Waals surface area contributed by atoms with Crippen LogP contribution in [0.3, 0.4) is 0 Å². The van der Waals surface area contributed by atoms with Gasteiger partial charge < -0.3 is 14.2 Å². The van der Waals surface area contributed by atoms with Crippen LogP contribution in [-0.4, -0.2) is 45.9 Å². The molecule has 2 N–H and O–H groups in total. The second kappa shape index (κ2) is 5.70. The van der Waals surface area contributed by atoms with Gasteiger partial charge in [-0.2, -0.15) is 0 Å². The molecule has 0 radical (unpaired) electrons. The number of rotatable bonds is 5. The third-order valence-electron chi connectivity index (χ3n) is 2.69. The lowest BCUT2D eigenvalue weighted by atomic mass is 10.2. The van der Waals surface area contributed by atoms with E-state index < -0.39 is 5.91 Å².